The van der Waals surface area contributed by atoms with Crippen LogP contribution in [-0.4, -0.2) is 19.6 Å². The van der Waals surface area contributed by atoms with E-state index >= 15 is 0 Å². The molecule has 6 nitrogen and oxygen atoms in total. The van der Waals surface area contributed by atoms with E-state index < -0.39 is 15.2 Å². The van der Waals surface area contributed by atoms with Crippen molar-refractivity contribution in [2.24, 2.45) is 0 Å². The molecule has 0 bridgehead atoms. The molecule has 5 rings (SSSR count). The van der Waals surface area contributed by atoms with Gasteiger partial charge in [-0.1, -0.05) is 72.8 Å². The van der Waals surface area contributed by atoms with Gasteiger partial charge in [-0.25, -0.2) is 0 Å². The van der Waals surface area contributed by atoms with Crippen LogP contribution in [0.15, 0.2) is 97.1 Å². The Kier molecular flexibility index (Phi) is 5.54. The zero-order valence-corrected chi connectivity index (χ0v) is 19.5. The van der Waals surface area contributed by atoms with Gasteiger partial charge in [0.25, 0.3) is 0 Å². The molecule has 0 aliphatic rings. The van der Waals surface area contributed by atoms with Gasteiger partial charge in [0.2, 0.25) is 0 Å². The average Bonchev–Trinajstić information content (AvgIpc) is 2.81. The van der Waals surface area contributed by atoms with E-state index in [0.29, 0.717) is 0 Å². The van der Waals surface area contributed by atoms with Gasteiger partial charge in [-0.2, -0.15) is 0 Å². The third kappa shape index (κ3) is 4.02. The second-order valence-electron chi connectivity index (χ2n) is 8.02. The van der Waals surface area contributed by atoms with Crippen LogP contribution in [0.3, 0.4) is 0 Å². The van der Waals surface area contributed by atoms with Crippen molar-refractivity contribution in [2.45, 2.75) is 0 Å². The highest BCUT2D eigenvalue weighted by Gasteiger charge is 2.20. The van der Waals surface area contributed by atoms with Crippen LogP contribution in [0, 0.1) is 0 Å². The minimum Gasteiger partial charge on any atom is -0.321 e. The van der Waals surface area contributed by atoms with Gasteiger partial charge >= 0.3 is 15.2 Å². The van der Waals surface area contributed by atoms with Gasteiger partial charge in [-0.3, -0.25) is 9.13 Å². The maximum Gasteiger partial charge on any atom is 0.356 e. The Balaban J connectivity index is 1.82. The first kappa shape index (κ1) is 22.7. The first-order chi connectivity index (χ1) is 16.1. The molecule has 170 valence electrons. The molecule has 0 aromatic heterocycles. The number of rotatable bonds is 4. The summed E-state index contributed by atoms with van der Waals surface area (Å²) < 4.78 is 23.3. The predicted molar refractivity (Wildman–Crippen MR) is 136 cm³/mol. The number of fused-ring (bicyclic) bond motifs is 2. The van der Waals surface area contributed by atoms with E-state index in [9.17, 15) is 28.7 Å². The molecule has 34 heavy (non-hydrogen) atoms. The molecule has 5 aromatic carbocycles. The van der Waals surface area contributed by atoms with Gasteiger partial charge in [0.15, 0.2) is 0 Å². The topological polar surface area (TPSA) is 115 Å². The summed E-state index contributed by atoms with van der Waals surface area (Å²) in [4.78, 5) is 38.0. The largest absolute Gasteiger partial charge is 0.356 e. The lowest BCUT2D eigenvalue weighted by Gasteiger charge is -2.18. The van der Waals surface area contributed by atoms with Crippen molar-refractivity contribution < 1.29 is 28.7 Å². The lowest BCUT2D eigenvalue weighted by Crippen LogP contribution is -2.03. The summed E-state index contributed by atoms with van der Waals surface area (Å²) in [6.45, 7) is 0. The Hall–Kier alpha value is -3.08. The Morgan fingerprint density at radius 1 is 0.412 bits per heavy atom. The van der Waals surface area contributed by atoms with Crippen molar-refractivity contribution >= 4 is 47.3 Å². The minimum absolute atomic E-state index is 0.0355. The number of benzene rings is 5. The van der Waals surface area contributed by atoms with Crippen LogP contribution in [0.5, 0.6) is 0 Å². The average molecular weight is 490 g/mol. The van der Waals surface area contributed by atoms with Crippen LogP contribution < -0.4 is 10.6 Å². The highest BCUT2D eigenvalue weighted by Crippen LogP contribution is 2.44. The Morgan fingerprint density at radius 2 is 0.676 bits per heavy atom. The monoisotopic (exact) mass is 490 g/mol. The zero-order chi connectivity index (χ0) is 24.1. The highest BCUT2D eigenvalue weighted by atomic mass is 31.2. The summed E-state index contributed by atoms with van der Waals surface area (Å²) in [7, 11) is -8.69. The summed E-state index contributed by atoms with van der Waals surface area (Å²) in [6.07, 6.45) is 0. The van der Waals surface area contributed by atoms with Gasteiger partial charge in [-0.15, -0.1) is 0 Å². The molecule has 0 fully saturated rings. The zero-order valence-electron chi connectivity index (χ0n) is 17.7. The first-order valence-electron chi connectivity index (χ1n) is 10.4. The summed E-state index contributed by atoms with van der Waals surface area (Å²) in [6, 6.07) is 28.4. The van der Waals surface area contributed by atoms with Gasteiger partial charge in [0.1, 0.15) is 0 Å². The maximum absolute atomic E-state index is 11.6. The first-order valence-corrected chi connectivity index (χ1v) is 13.6. The Morgan fingerprint density at radius 3 is 0.912 bits per heavy atom. The fourth-order valence-corrected chi connectivity index (χ4v) is 5.47. The molecule has 0 saturated carbocycles. The van der Waals surface area contributed by atoms with E-state index in [1.165, 1.54) is 24.3 Å². The molecular weight excluding hydrogens is 470 g/mol. The van der Waals surface area contributed by atoms with Gasteiger partial charge in [0.05, 0.1) is 10.6 Å². The minimum atomic E-state index is -4.35. The molecule has 0 aliphatic carbocycles. The maximum atomic E-state index is 11.6. The van der Waals surface area contributed by atoms with Crippen molar-refractivity contribution in [3.05, 3.63) is 97.1 Å². The summed E-state index contributed by atoms with van der Waals surface area (Å²) >= 11 is 0. The predicted octanol–water partition coefficient (Wildman–Crippen LogP) is 4.93. The normalized spacial score (nSPS) is 12.4. The fourth-order valence-electron chi connectivity index (χ4n) is 4.40. The second-order valence-corrected chi connectivity index (χ2v) is 11.2. The quantitative estimate of drug-likeness (QED) is 0.210. The van der Waals surface area contributed by atoms with E-state index in [2.05, 4.69) is 0 Å². The molecule has 0 radical (unpaired) electrons. The molecule has 0 saturated heterocycles. The van der Waals surface area contributed by atoms with Crippen LogP contribution in [0.25, 0.3) is 43.8 Å². The van der Waals surface area contributed by atoms with Gasteiger partial charge < -0.3 is 19.6 Å². The summed E-state index contributed by atoms with van der Waals surface area (Å²) in [5.41, 5.74) is 3.54. The van der Waals surface area contributed by atoms with Crippen molar-refractivity contribution in [3.63, 3.8) is 0 Å². The standard InChI is InChI=1S/C26H20O6P2/c27-33(28,29)19-13-9-17(10-14-19)25-21-5-1-2-6-22(21)26(24-8-4-3-7-23(24)25)18-11-15-20(16-12-18)34(30,31)32/h1-16H,(H2,27,28,29)(H2,30,31,32). The number of hydrogen-bond donors (Lipinski definition) is 4. The SMILES string of the molecule is O=P(O)(O)c1ccc(-c2c3ccccc3c(-c3ccc(P(=O)(O)O)cc3)c3ccccc23)cc1. The summed E-state index contributed by atoms with van der Waals surface area (Å²) in [5, 5.41) is 3.76. The molecule has 0 atom stereocenters. The molecule has 0 aliphatic heterocycles. The Bertz CT molecular complexity index is 1450. The lowest BCUT2D eigenvalue weighted by atomic mass is 9.86. The van der Waals surface area contributed by atoms with E-state index in [1.807, 2.05) is 48.5 Å². The van der Waals surface area contributed by atoms with E-state index in [1.54, 1.807) is 24.3 Å². The molecule has 4 N–H and O–H groups in total. The third-order valence-electron chi connectivity index (χ3n) is 5.92. The summed E-state index contributed by atoms with van der Waals surface area (Å²) in [5.74, 6) is 0. The molecule has 8 heteroatoms. The third-order valence-corrected chi connectivity index (χ3v) is 7.86. The van der Waals surface area contributed by atoms with Gasteiger partial charge in [-0.05, 0) is 68.1 Å². The molecule has 0 heterocycles. The van der Waals surface area contributed by atoms with Crippen LogP contribution in [-0.2, 0) is 9.13 Å². The highest BCUT2D eigenvalue weighted by molar-refractivity contribution is 7.60. The van der Waals surface area contributed by atoms with E-state index in [4.69, 9.17) is 0 Å². The molecule has 0 unspecified atom stereocenters. The molecule has 0 spiro atoms. The van der Waals surface area contributed by atoms with Crippen molar-refractivity contribution in [1.29, 1.82) is 0 Å². The van der Waals surface area contributed by atoms with Crippen LogP contribution in [0.2, 0.25) is 0 Å². The molecular formula is C26H20O6P2. The van der Waals surface area contributed by atoms with Crippen molar-refractivity contribution in [3.8, 4) is 22.3 Å². The lowest BCUT2D eigenvalue weighted by molar-refractivity contribution is 0.385. The molecule has 5 aromatic rings. The van der Waals surface area contributed by atoms with E-state index in [0.717, 1.165) is 43.8 Å². The van der Waals surface area contributed by atoms with Crippen LogP contribution in [0.4, 0.5) is 0 Å². The fraction of sp³-hybridized carbons (Fsp3) is 0. The second kappa shape index (κ2) is 8.30. The number of hydrogen-bond acceptors (Lipinski definition) is 2. The van der Waals surface area contributed by atoms with E-state index in [-0.39, 0.29) is 10.6 Å². The Labute approximate surface area is 195 Å². The van der Waals surface area contributed by atoms with Crippen molar-refractivity contribution in [2.75, 3.05) is 0 Å². The van der Waals surface area contributed by atoms with Crippen LogP contribution >= 0.6 is 15.2 Å². The smallest absolute Gasteiger partial charge is 0.321 e. The van der Waals surface area contributed by atoms with Gasteiger partial charge in [0, 0.05) is 0 Å². The van der Waals surface area contributed by atoms with Crippen LogP contribution in [0.1, 0.15) is 0 Å². The van der Waals surface area contributed by atoms with Crippen molar-refractivity contribution in [1.82, 2.24) is 0 Å². The molecule has 0 amide bonds.